The van der Waals surface area contributed by atoms with E-state index in [0.717, 1.165) is 19.0 Å². The number of nitrogens with zero attached hydrogens (tertiary/aromatic N) is 1. The second-order valence-electron chi connectivity index (χ2n) is 6.09. The SMILES string of the molecule is CCC(C)CC(CC)N(C)CC(C)(C)CN. The fraction of sp³-hybridized carbons (Fsp3) is 1.00. The summed E-state index contributed by atoms with van der Waals surface area (Å²) < 4.78 is 0. The first kappa shape index (κ1) is 15.9. The fourth-order valence-corrected chi connectivity index (χ4v) is 2.16. The summed E-state index contributed by atoms with van der Waals surface area (Å²) in [7, 11) is 2.24. The van der Waals surface area contributed by atoms with Crippen molar-refractivity contribution in [3.05, 3.63) is 0 Å². The average molecular weight is 228 g/mol. The molecule has 0 radical (unpaired) electrons. The molecule has 0 rings (SSSR count). The van der Waals surface area contributed by atoms with Crippen molar-refractivity contribution in [3.63, 3.8) is 0 Å². The largest absolute Gasteiger partial charge is 0.330 e. The van der Waals surface area contributed by atoms with E-state index in [9.17, 15) is 0 Å². The van der Waals surface area contributed by atoms with E-state index in [0.29, 0.717) is 6.04 Å². The van der Waals surface area contributed by atoms with Crippen LogP contribution in [0.3, 0.4) is 0 Å². The zero-order chi connectivity index (χ0) is 12.8. The van der Waals surface area contributed by atoms with Crippen LogP contribution in [0.2, 0.25) is 0 Å². The van der Waals surface area contributed by atoms with Crippen molar-refractivity contribution in [1.82, 2.24) is 4.90 Å². The first-order chi connectivity index (χ1) is 7.36. The molecule has 2 atom stereocenters. The predicted molar refractivity (Wildman–Crippen MR) is 73.6 cm³/mol. The monoisotopic (exact) mass is 228 g/mol. The summed E-state index contributed by atoms with van der Waals surface area (Å²) in [5.74, 6) is 0.827. The van der Waals surface area contributed by atoms with Crippen LogP contribution in [0.15, 0.2) is 0 Å². The Morgan fingerprint density at radius 3 is 2.12 bits per heavy atom. The van der Waals surface area contributed by atoms with Gasteiger partial charge >= 0.3 is 0 Å². The topological polar surface area (TPSA) is 29.3 Å². The number of rotatable bonds is 8. The minimum absolute atomic E-state index is 0.234. The van der Waals surface area contributed by atoms with Crippen molar-refractivity contribution in [1.29, 1.82) is 0 Å². The molecule has 0 aliphatic heterocycles. The van der Waals surface area contributed by atoms with Crippen LogP contribution in [-0.4, -0.2) is 31.1 Å². The summed E-state index contributed by atoms with van der Waals surface area (Å²) in [5.41, 5.74) is 6.03. The third-order valence-electron chi connectivity index (χ3n) is 3.70. The van der Waals surface area contributed by atoms with E-state index in [1.165, 1.54) is 19.3 Å². The highest BCUT2D eigenvalue weighted by molar-refractivity contribution is 4.78. The van der Waals surface area contributed by atoms with E-state index >= 15 is 0 Å². The molecule has 2 unspecified atom stereocenters. The Morgan fingerprint density at radius 2 is 1.75 bits per heavy atom. The maximum atomic E-state index is 5.80. The van der Waals surface area contributed by atoms with E-state index in [-0.39, 0.29) is 5.41 Å². The molecule has 98 valence electrons. The van der Waals surface area contributed by atoms with E-state index < -0.39 is 0 Å². The zero-order valence-corrected chi connectivity index (χ0v) is 12.2. The van der Waals surface area contributed by atoms with Crippen molar-refractivity contribution in [2.24, 2.45) is 17.1 Å². The summed E-state index contributed by atoms with van der Waals surface area (Å²) in [6.45, 7) is 13.3. The number of hydrogen-bond donors (Lipinski definition) is 1. The molecular weight excluding hydrogens is 196 g/mol. The normalized spacial score (nSPS) is 16.5. The van der Waals surface area contributed by atoms with Gasteiger partial charge in [0, 0.05) is 12.6 Å². The van der Waals surface area contributed by atoms with Crippen molar-refractivity contribution < 1.29 is 0 Å². The number of nitrogens with two attached hydrogens (primary N) is 1. The van der Waals surface area contributed by atoms with Gasteiger partial charge in [0.2, 0.25) is 0 Å². The molecule has 0 bridgehead atoms. The van der Waals surface area contributed by atoms with Gasteiger partial charge in [-0.25, -0.2) is 0 Å². The minimum Gasteiger partial charge on any atom is -0.330 e. The van der Waals surface area contributed by atoms with Crippen LogP contribution in [0.1, 0.15) is 53.9 Å². The molecule has 0 saturated carbocycles. The molecule has 0 aliphatic rings. The summed E-state index contributed by atoms with van der Waals surface area (Å²) in [6.07, 6.45) is 3.83. The standard InChI is InChI=1S/C14H32N2/c1-7-12(3)9-13(8-2)16(6)11-14(4,5)10-15/h12-13H,7-11,15H2,1-6H3. The summed E-state index contributed by atoms with van der Waals surface area (Å²) in [4.78, 5) is 2.50. The second-order valence-corrected chi connectivity index (χ2v) is 6.09. The van der Waals surface area contributed by atoms with Gasteiger partial charge in [0.15, 0.2) is 0 Å². The van der Waals surface area contributed by atoms with Crippen LogP contribution >= 0.6 is 0 Å². The lowest BCUT2D eigenvalue weighted by molar-refractivity contribution is 0.142. The Bertz CT molecular complexity index is 178. The van der Waals surface area contributed by atoms with Crippen LogP contribution in [0.4, 0.5) is 0 Å². The van der Waals surface area contributed by atoms with Gasteiger partial charge in [-0.2, -0.15) is 0 Å². The highest BCUT2D eigenvalue weighted by Crippen LogP contribution is 2.21. The molecule has 0 aromatic carbocycles. The Balaban J connectivity index is 4.25. The maximum Gasteiger partial charge on any atom is 0.00923 e. The van der Waals surface area contributed by atoms with Crippen molar-refractivity contribution in [2.75, 3.05) is 20.1 Å². The molecule has 0 amide bonds. The Morgan fingerprint density at radius 1 is 1.19 bits per heavy atom. The van der Waals surface area contributed by atoms with Gasteiger partial charge in [-0.1, -0.05) is 41.0 Å². The zero-order valence-electron chi connectivity index (χ0n) is 12.2. The Labute approximate surface area is 103 Å². The molecule has 16 heavy (non-hydrogen) atoms. The van der Waals surface area contributed by atoms with Crippen molar-refractivity contribution in [3.8, 4) is 0 Å². The van der Waals surface area contributed by atoms with Gasteiger partial charge in [0.1, 0.15) is 0 Å². The predicted octanol–water partition coefficient (Wildman–Crippen LogP) is 3.12. The van der Waals surface area contributed by atoms with Crippen LogP contribution < -0.4 is 5.73 Å². The van der Waals surface area contributed by atoms with E-state index in [2.05, 4.69) is 46.6 Å². The summed E-state index contributed by atoms with van der Waals surface area (Å²) in [5, 5.41) is 0. The Kier molecular flexibility index (Phi) is 7.25. The number of hydrogen-bond acceptors (Lipinski definition) is 2. The van der Waals surface area contributed by atoms with Crippen LogP contribution in [-0.2, 0) is 0 Å². The first-order valence-electron chi connectivity index (χ1n) is 6.76. The smallest absolute Gasteiger partial charge is 0.00923 e. The van der Waals surface area contributed by atoms with Crippen LogP contribution in [0.25, 0.3) is 0 Å². The van der Waals surface area contributed by atoms with Crippen LogP contribution in [0.5, 0.6) is 0 Å². The fourth-order valence-electron chi connectivity index (χ4n) is 2.16. The quantitative estimate of drug-likeness (QED) is 0.691. The molecule has 0 spiro atoms. The van der Waals surface area contributed by atoms with Gasteiger partial charge < -0.3 is 10.6 Å². The lowest BCUT2D eigenvalue weighted by Crippen LogP contribution is -2.42. The third-order valence-corrected chi connectivity index (χ3v) is 3.70. The molecular formula is C14H32N2. The molecule has 0 aromatic rings. The highest BCUT2D eigenvalue weighted by Gasteiger charge is 2.22. The third kappa shape index (κ3) is 5.86. The van der Waals surface area contributed by atoms with Gasteiger partial charge in [0.05, 0.1) is 0 Å². The Hall–Kier alpha value is -0.0800. The van der Waals surface area contributed by atoms with Gasteiger partial charge in [-0.15, -0.1) is 0 Å². The van der Waals surface area contributed by atoms with Crippen molar-refractivity contribution >= 4 is 0 Å². The molecule has 0 aliphatic carbocycles. The maximum absolute atomic E-state index is 5.80. The van der Waals surface area contributed by atoms with E-state index in [1.807, 2.05) is 0 Å². The molecule has 2 heteroatoms. The molecule has 0 fully saturated rings. The molecule has 0 saturated heterocycles. The minimum atomic E-state index is 0.234. The average Bonchev–Trinajstić information content (AvgIpc) is 2.24. The lowest BCUT2D eigenvalue weighted by atomic mass is 9.90. The van der Waals surface area contributed by atoms with Crippen molar-refractivity contribution in [2.45, 2.75) is 59.9 Å². The first-order valence-corrected chi connectivity index (χ1v) is 6.76. The van der Waals surface area contributed by atoms with Gasteiger partial charge in [-0.05, 0) is 37.8 Å². The summed E-state index contributed by atoms with van der Waals surface area (Å²) in [6, 6.07) is 0.709. The van der Waals surface area contributed by atoms with Gasteiger partial charge in [-0.3, -0.25) is 0 Å². The molecule has 0 aromatic heterocycles. The van der Waals surface area contributed by atoms with Gasteiger partial charge in [0.25, 0.3) is 0 Å². The lowest BCUT2D eigenvalue weighted by Gasteiger charge is -2.35. The van der Waals surface area contributed by atoms with E-state index in [1.54, 1.807) is 0 Å². The van der Waals surface area contributed by atoms with E-state index in [4.69, 9.17) is 5.73 Å². The molecule has 0 heterocycles. The highest BCUT2D eigenvalue weighted by atomic mass is 15.1. The summed E-state index contributed by atoms with van der Waals surface area (Å²) >= 11 is 0. The van der Waals surface area contributed by atoms with Crippen LogP contribution in [0, 0.1) is 11.3 Å². The second kappa shape index (κ2) is 7.29. The molecule has 2 nitrogen and oxygen atoms in total. The molecule has 2 N–H and O–H groups in total.